The molecular weight excluding hydrogens is 244 g/mol. The summed E-state index contributed by atoms with van der Waals surface area (Å²) < 4.78 is 0. The van der Waals surface area contributed by atoms with Crippen LogP contribution in [0.15, 0.2) is 22.5 Å². The second-order valence-electron chi connectivity index (χ2n) is 4.68. The third kappa shape index (κ3) is 4.31. The van der Waals surface area contributed by atoms with Crippen molar-refractivity contribution in [3.63, 3.8) is 0 Å². The van der Waals surface area contributed by atoms with E-state index in [1.807, 2.05) is 0 Å². The van der Waals surface area contributed by atoms with Crippen molar-refractivity contribution in [2.24, 2.45) is 10.8 Å². The number of aliphatic imine (C=N–C) groups is 1. The van der Waals surface area contributed by atoms with E-state index >= 15 is 0 Å². The van der Waals surface area contributed by atoms with E-state index in [9.17, 15) is 0 Å². The summed E-state index contributed by atoms with van der Waals surface area (Å²) in [4.78, 5) is 5.86. The normalized spacial score (nSPS) is 17.7. The SMILES string of the molecule is NNC(=NCCc1cccs1)NC1CCCCC1. The van der Waals surface area contributed by atoms with Gasteiger partial charge < -0.3 is 5.32 Å². The highest BCUT2D eigenvalue weighted by atomic mass is 32.1. The van der Waals surface area contributed by atoms with Crippen molar-refractivity contribution in [2.45, 2.75) is 44.6 Å². The molecule has 0 radical (unpaired) electrons. The first-order chi connectivity index (χ1) is 8.88. The molecule has 0 unspecified atom stereocenters. The summed E-state index contributed by atoms with van der Waals surface area (Å²) in [6.07, 6.45) is 7.42. The average molecular weight is 266 g/mol. The van der Waals surface area contributed by atoms with Crippen molar-refractivity contribution in [3.8, 4) is 0 Å². The minimum Gasteiger partial charge on any atom is -0.353 e. The monoisotopic (exact) mass is 266 g/mol. The lowest BCUT2D eigenvalue weighted by Gasteiger charge is -2.24. The van der Waals surface area contributed by atoms with Crippen LogP contribution in [0.2, 0.25) is 0 Å². The van der Waals surface area contributed by atoms with Crippen LogP contribution in [0.4, 0.5) is 0 Å². The fourth-order valence-corrected chi connectivity index (χ4v) is 3.00. The first-order valence-electron chi connectivity index (χ1n) is 6.68. The highest BCUT2D eigenvalue weighted by Crippen LogP contribution is 2.17. The number of nitrogens with one attached hydrogen (secondary N) is 2. The number of hydrazine groups is 1. The van der Waals surface area contributed by atoms with E-state index in [0.717, 1.165) is 18.9 Å². The van der Waals surface area contributed by atoms with Gasteiger partial charge in [-0.3, -0.25) is 10.4 Å². The van der Waals surface area contributed by atoms with Gasteiger partial charge in [-0.15, -0.1) is 11.3 Å². The Balaban J connectivity index is 1.76. The van der Waals surface area contributed by atoms with Crippen molar-refractivity contribution < 1.29 is 0 Å². The van der Waals surface area contributed by atoms with Crippen LogP contribution in [-0.4, -0.2) is 18.5 Å². The number of hydrogen-bond donors (Lipinski definition) is 3. The molecule has 0 spiro atoms. The van der Waals surface area contributed by atoms with Gasteiger partial charge in [0.05, 0.1) is 0 Å². The van der Waals surface area contributed by atoms with Gasteiger partial charge in [-0.25, -0.2) is 5.84 Å². The fraction of sp³-hybridized carbons (Fsp3) is 0.615. The number of nitrogens with two attached hydrogens (primary N) is 1. The van der Waals surface area contributed by atoms with E-state index in [-0.39, 0.29) is 0 Å². The zero-order chi connectivity index (χ0) is 12.6. The van der Waals surface area contributed by atoms with Gasteiger partial charge in [-0.2, -0.15) is 0 Å². The fourth-order valence-electron chi connectivity index (χ4n) is 2.31. The lowest BCUT2D eigenvalue weighted by molar-refractivity contribution is 0.410. The summed E-state index contributed by atoms with van der Waals surface area (Å²) in [7, 11) is 0. The van der Waals surface area contributed by atoms with Crippen molar-refractivity contribution in [1.82, 2.24) is 10.7 Å². The van der Waals surface area contributed by atoms with Gasteiger partial charge in [-0.05, 0) is 24.3 Å². The second kappa shape index (κ2) is 7.38. The zero-order valence-electron chi connectivity index (χ0n) is 10.7. The molecule has 1 aromatic heterocycles. The Bertz CT molecular complexity index is 355. The summed E-state index contributed by atoms with van der Waals surface area (Å²) in [5, 5.41) is 5.50. The maximum Gasteiger partial charge on any atom is 0.205 e. The molecule has 0 atom stereocenters. The van der Waals surface area contributed by atoms with Gasteiger partial charge in [0.2, 0.25) is 5.96 Å². The van der Waals surface area contributed by atoms with E-state index in [1.54, 1.807) is 11.3 Å². The van der Waals surface area contributed by atoms with E-state index in [2.05, 4.69) is 33.2 Å². The lowest BCUT2D eigenvalue weighted by Crippen LogP contribution is -2.47. The smallest absolute Gasteiger partial charge is 0.205 e. The Hall–Kier alpha value is -1.07. The maximum absolute atomic E-state index is 5.51. The average Bonchev–Trinajstić information content (AvgIpc) is 2.92. The Morgan fingerprint density at radius 1 is 1.39 bits per heavy atom. The quantitative estimate of drug-likeness (QED) is 0.338. The topological polar surface area (TPSA) is 62.4 Å². The molecule has 1 aliphatic rings. The molecule has 1 saturated carbocycles. The molecule has 18 heavy (non-hydrogen) atoms. The molecule has 5 heteroatoms. The third-order valence-corrected chi connectivity index (χ3v) is 4.23. The first kappa shape index (κ1) is 13.4. The van der Waals surface area contributed by atoms with Crippen LogP contribution in [0.3, 0.4) is 0 Å². The number of nitrogens with zero attached hydrogens (tertiary/aromatic N) is 1. The Kier molecular flexibility index (Phi) is 5.48. The van der Waals surface area contributed by atoms with Crippen molar-refractivity contribution in [1.29, 1.82) is 0 Å². The van der Waals surface area contributed by atoms with Gasteiger partial charge in [-0.1, -0.05) is 25.3 Å². The highest BCUT2D eigenvalue weighted by molar-refractivity contribution is 7.09. The molecule has 4 N–H and O–H groups in total. The van der Waals surface area contributed by atoms with E-state index in [0.29, 0.717) is 6.04 Å². The molecule has 2 rings (SSSR count). The Morgan fingerprint density at radius 3 is 2.89 bits per heavy atom. The minimum atomic E-state index is 0.537. The van der Waals surface area contributed by atoms with Gasteiger partial charge in [0.25, 0.3) is 0 Å². The van der Waals surface area contributed by atoms with Crippen LogP contribution in [-0.2, 0) is 6.42 Å². The minimum absolute atomic E-state index is 0.537. The van der Waals surface area contributed by atoms with Gasteiger partial charge in [0.15, 0.2) is 0 Å². The zero-order valence-corrected chi connectivity index (χ0v) is 11.5. The molecular formula is C13H22N4S. The molecule has 0 bridgehead atoms. The van der Waals surface area contributed by atoms with Crippen molar-refractivity contribution in [3.05, 3.63) is 22.4 Å². The van der Waals surface area contributed by atoms with Crippen LogP contribution in [0.25, 0.3) is 0 Å². The maximum atomic E-state index is 5.51. The van der Waals surface area contributed by atoms with Crippen LogP contribution < -0.4 is 16.6 Å². The molecule has 1 fully saturated rings. The molecule has 0 aliphatic heterocycles. The standard InChI is InChI=1S/C13H22N4S/c14-17-13(16-11-5-2-1-3-6-11)15-9-8-12-7-4-10-18-12/h4,7,10-11H,1-3,5-6,8-9,14H2,(H2,15,16,17). The summed E-state index contributed by atoms with van der Waals surface area (Å²) in [6, 6.07) is 4.76. The summed E-state index contributed by atoms with van der Waals surface area (Å²) in [5.41, 5.74) is 2.67. The third-order valence-electron chi connectivity index (χ3n) is 3.29. The molecule has 1 aliphatic carbocycles. The molecule has 100 valence electrons. The van der Waals surface area contributed by atoms with Crippen LogP contribution in [0.1, 0.15) is 37.0 Å². The predicted octanol–water partition coefficient (Wildman–Crippen LogP) is 2.03. The van der Waals surface area contributed by atoms with Gasteiger partial charge in [0, 0.05) is 23.9 Å². The second-order valence-corrected chi connectivity index (χ2v) is 5.72. The van der Waals surface area contributed by atoms with Crippen molar-refractivity contribution in [2.75, 3.05) is 6.54 Å². The van der Waals surface area contributed by atoms with Crippen LogP contribution >= 0.6 is 11.3 Å². The van der Waals surface area contributed by atoms with E-state index in [4.69, 9.17) is 5.84 Å². The number of thiophene rings is 1. The predicted molar refractivity (Wildman–Crippen MR) is 77.7 cm³/mol. The Morgan fingerprint density at radius 2 is 2.22 bits per heavy atom. The number of guanidine groups is 1. The van der Waals surface area contributed by atoms with Crippen LogP contribution in [0, 0.1) is 0 Å². The van der Waals surface area contributed by atoms with E-state index < -0.39 is 0 Å². The van der Waals surface area contributed by atoms with Gasteiger partial charge >= 0.3 is 0 Å². The molecule has 0 amide bonds. The Labute approximate surface area is 113 Å². The molecule has 4 nitrogen and oxygen atoms in total. The molecule has 1 aromatic rings. The van der Waals surface area contributed by atoms with Crippen molar-refractivity contribution >= 4 is 17.3 Å². The largest absolute Gasteiger partial charge is 0.353 e. The molecule has 0 saturated heterocycles. The molecule has 0 aromatic carbocycles. The first-order valence-corrected chi connectivity index (χ1v) is 7.56. The summed E-state index contributed by atoms with van der Waals surface area (Å²) in [5.74, 6) is 6.24. The van der Waals surface area contributed by atoms with Crippen LogP contribution in [0.5, 0.6) is 0 Å². The van der Waals surface area contributed by atoms with Gasteiger partial charge in [0.1, 0.15) is 0 Å². The van der Waals surface area contributed by atoms with E-state index in [1.165, 1.54) is 37.0 Å². The highest BCUT2D eigenvalue weighted by Gasteiger charge is 2.13. The summed E-state index contributed by atoms with van der Waals surface area (Å²) >= 11 is 1.78. The number of hydrogen-bond acceptors (Lipinski definition) is 3. The lowest BCUT2D eigenvalue weighted by atomic mass is 9.96. The molecule has 1 heterocycles. The summed E-state index contributed by atoms with van der Waals surface area (Å²) in [6.45, 7) is 0.778. The number of rotatable bonds is 4.